The largest absolute Gasteiger partial charge is 0.398 e. The highest BCUT2D eigenvalue weighted by molar-refractivity contribution is 7.91. The van der Waals surface area contributed by atoms with Crippen LogP contribution in [0.3, 0.4) is 0 Å². The Bertz CT molecular complexity index is 610. The molecule has 104 valence electrons. The molecule has 1 fully saturated rings. The molecule has 1 heterocycles. The first kappa shape index (κ1) is 13.9. The fourth-order valence-electron chi connectivity index (χ4n) is 2.34. The molecule has 1 unspecified atom stereocenters. The number of nitrogens with zero attached hydrogens (tertiary/aromatic N) is 1. The number of carbonyl (C=O) groups excluding carboxylic acids is 1. The van der Waals surface area contributed by atoms with Gasteiger partial charge in [-0.25, -0.2) is 8.42 Å². The normalized spacial score (nSPS) is 22.2. The first-order chi connectivity index (χ1) is 8.82. The van der Waals surface area contributed by atoms with E-state index < -0.39 is 9.84 Å². The van der Waals surface area contributed by atoms with Gasteiger partial charge in [0.2, 0.25) is 0 Å². The van der Waals surface area contributed by atoms with E-state index in [-0.39, 0.29) is 30.0 Å². The molecule has 6 heteroatoms. The van der Waals surface area contributed by atoms with E-state index in [2.05, 4.69) is 0 Å². The van der Waals surface area contributed by atoms with E-state index in [0.717, 1.165) is 5.56 Å². The summed E-state index contributed by atoms with van der Waals surface area (Å²) >= 11 is 0. The smallest absolute Gasteiger partial charge is 0.254 e. The Balaban J connectivity index is 2.28. The van der Waals surface area contributed by atoms with Crippen molar-refractivity contribution in [2.24, 2.45) is 0 Å². The highest BCUT2D eigenvalue weighted by Crippen LogP contribution is 2.20. The summed E-state index contributed by atoms with van der Waals surface area (Å²) in [4.78, 5) is 14.1. The molecular formula is C13H18N2O3S. The molecule has 1 aromatic carbocycles. The van der Waals surface area contributed by atoms with Crippen LogP contribution in [0.4, 0.5) is 5.69 Å². The number of amides is 1. The topological polar surface area (TPSA) is 80.5 Å². The molecule has 2 rings (SSSR count). The van der Waals surface area contributed by atoms with Crippen molar-refractivity contribution in [3.63, 3.8) is 0 Å². The van der Waals surface area contributed by atoms with Crippen LogP contribution in [-0.2, 0) is 9.84 Å². The van der Waals surface area contributed by atoms with Gasteiger partial charge in [-0.15, -0.1) is 0 Å². The molecule has 5 nitrogen and oxygen atoms in total. The van der Waals surface area contributed by atoms with E-state index in [1.54, 1.807) is 36.9 Å². The highest BCUT2D eigenvalue weighted by atomic mass is 32.2. The average molecular weight is 282 g/mol. The molecule has 19 heavy (non-hydrogen) atoms. The average Bonchev–Trinajstić information content (AvgIpc) is 2.31. The summed E-state index contributed by atoms with van der Waals surface area (Å²) in [6.07, 6.45) is 0. The molecule has 0 saturated carbocycles. The maximum Gasteiger partial charge on any atom is 0.254 e. The first-order valence-corrected chi connectivity index (χ1v) is 8.00. The van der Waals surface area contributed by atoms with Crippen molar-refractivity contribution in [1.29, 1.82) is 0 Å². The lowest BCUT2D eigenvalue weighted by atomic mass is 10.1. The van der Waals surface area contributed by atoms with E-state index in [4.69, 9.17) is 5.73 Å². The zero-order valence-electron chi connectivity index (χ0n) is 11.1. The number of rotatable bonds is 1. The number of hydrogen-bond donors (Lipinski definition) is 1. The molecule has 1 saturated heterocycles. The predicted molar refractivity (Wildman–Crippen MR) is 74.7 cm³/mol. The second-order valence-electron chi connectivity index (χ2n) is 4.98. The van der Waals surface area contributed by atoms with Gasteiger partial charge in [-0.05, 0) is 31.5 Å². The monoisotopic (exact) mass is 282 g/mol. The lowest BCUT2D eigenvalue weighted by molar-refractivity contribution is 0.0712. The molecule has 0 radical (unpaired) electrons. The van der Waals surface area contributed by atoms with Crippen molar-refractivity contribution >= 4 is 21.4 Å². The van der Waals surface area contributed by atoms with Crippen LogP contribution in [0.2, 0.25) is 0 Å². The number of benzene rings is 1. The molecule has 0 aromatic heterocycles. The van der Waals surface area contributed by atoms with Gasteiger partial charge in [0.15, 0.2) is 9.84 Å². The molecule has 2 N–H and O–H groups in total. The molecule has 1 aliphatic rings. The van der Waals surface area contributed by atoms with Crippen molar-refractivity contribution in [2.45, 2.75) is 19.9 Å². The van der Waals surface area contributed by atoms with Gasteiger partial charge < -0.3 is 10.6 Å². The summed E-state index contributed by atoms with van der Waals surface area (Å²) in [7, 11) is -3.02. The Hall–Kier alpha value is -1.56. The first-order valence-electron chi connectivity index (χ1n) is 6.18. The molecule has 1 aromatic rings. The Kier molecular flexibility index (Phi) is 3.54. The van der Waals surface area contributed by atoms with Crippen molar-refractivity contribution in [2.75, 3.05) is 23.8 Å². The second-order valence-corrected chi connectivity index (χ2v) is 7.21. The van der Waals surface area contributed by atoms with Crippen LogP contribution in [0, 0.1) is 6.92 Å². The number of nitrogens with two attached hydrogens (primary N) is 1. The number of hydrogen-bond acceptors (Lipinski definition) is 4. The van der Waals surface area contributed by atoms with Gasteiger partial charge in [-0.1, -0.05) is 6.07 Å². The molecule has 0 spiro atoms. The summed E-state index contributed by atoms with van der Waals surface area (Å²) in [5, 5.41) is 0. The van der Waals surface area contributed by atoms with E-state index in [1.165, 1.54) is 0 Å². The number of carbonyl (C=O) groups is 1. The summed E-state index contributed by atoms with van der Waals surface area (Å²) in [6, 6.07) is 4.91. The maximum absolute atomic E-state index is 12.5. The fraction of sp³-hybridized carbons (Fsp3) is 0.462. The summed E-state index contributed by atoms with van der Waals surface area (Å²) in [5.74, 6) is -0.0860. The van der Waals surface area contributed by atoms with Gasteiger partial charge in [0.25, 0.3) is 5.91 Å². The molecule has 0 aliphatic carbocycles. The van der Waals surface area contributed by atoms with Gasteiger partial charge in [-0.3, -0.25) is 4.79 Å². The molecular weight excluding hydrogens is 264 g/mol. The van der Waals surface area contributed by atoms with Gasteiger partial charge in [-0.2, -0.15) is 0 Å². The highest BCUT2D eigenvalue weighted by Gasteiger charge is 2.32. The maximum atomic E-state index is 12.5. The van der Waals surface area contributed by atoms with E-state index in [1.807, 2.05) is 0 Å². The fourth-order valence-corrected chi connectivity index (χ4v) is 3.90. The zero-order chi connectivity index (χ0) is 14.2. The van der Waals surface area contributed by atoms with E-state index >= 15 is 0 Å². The number of nitrogen functional groups attached to an aromatic ring is 1. The quantitative estimate of drug-likeness (QED) is 0.774. The van der Waals surface area contributed by atoms with Crippen LogP contribution in [-0.4, -0.2) is 43.3 Å². The van der Waals surface area contributed by atoms with Crippen LogP contribution < -0.4 is 5.73 Å². The van der Waals surface area contributed by atoms with Crippen LogP contribution in [0.25, 0.3) is 0 Å². The molecule has 0 bridgehead atoms. The van der Waals surface area contributed by atoms with Crippen LogP contribution in [0.15, 0.2) is 18.2 Å². The molecule has 1 aliphatic heterocycles. The summed E-state index contributed by atoms with van der Waals surface area (Å²) < 4.78 is 23.1. The minimum absolute atomic E-state index is 0.0279. The number of sulfone groups is 1. The minimum Gasteiger partial charge on any atom is -0.398 e. The Morgan fingerprint density at radius 2 is 2.11 bits per heavy atom. The SMILES string of the molecule is Cc1c(N)cccc1C(=O)N1CCS(=O)(=O)CC1C. The van der Waals surface area contributed by atoms with Gasteiger partial charge in [0.1, 0.15) is 0 Å². The summed E-state index contributed by atoms with van der Waals surface area (Å²) in [6.45, 7) is 3.81. The summed E-state index contributed by atoms with van der Waals surface area (Å²) in [5.41, 5.74) is 7.66. The third kappa shape index (κ3) is 2.73. The Morgan fingerprint density at radius 3 is 2.74 bits per heavy atom. The molecule has 1 amide bonds. The van der Waals surface area contributed by atoms with Crippen LogP contribution in [0.5, 0.6) is 0 Å². The third-order valence-electron chi connectivity index (χ3n) is 3.54. The Morgan fingerprint density at radius 1 is 1.42 bits per heavy atom. The van der Waals surface area contributed by atoms with Gasteiger partial charge in [0, 0.05) is 23.8 Å². The van der Waals surface area contributed by atoms with Crippen LogP contribution >= 0.6 is 0 Å². The lowest BCUT2D eigenvalue weighted by Crippen LogP contribution is -2.49. The third-order valence-corrected chi connectivity index (χ3v) is 5.33. The van der Waals surface area contributed by atoms with Crippen molar-refractivity contribution < 1.29 is 13.2 Å². The Labute approximate surface area is 113 Å². The van der Waals surface area contributed by atoms with Crippen molar-refractivity contribution in [3.05, 3.63) is 29.3 Å². The zero-order valence-corrected chi connectivity index (χ0v) is 11.9. The van der Waals surface area contributed by atoms with Crippen molar-refractivity contribution in [3.8, 4) is 0 Å². The second kappa shape index (κ2) is 4.85. The van der Waals surface area contributed by atoms with Crippen LogP contribution in [0.1, 0.15) is 22.8 Å². The number of anilines is 1. The van der Waals surface area contributed by atoms with Gasteiger partial charge in [0.05, 0.1) is 11.5 Å². The predicted octanol–water partition coefficient (Wildman–Crippen LogP) is 0.836. The minimum atomic E-state index is -3.02. The molecule has 1 atom stereocenters. The standard InChI is InChI=1S/C13H18N2O3S/c1-9-8-19(17,18)7-6-15(9)13(16)11-4-3-5-12(14)10(11)2/h3-5,9H,6-8,14H2,1-2H3. The van der Waals surface area contributed by atoms with Crippen molar-refractivity contribution in [1.82, 2.24) is 4.90 Å². The van der Waals surface area contributed by atoms with E-state index in [0.29, 0.717) is 11.3 Å². The van der Waals surface area contributed by atoms with Gasteiger partial charge >= 0.3 is 0 Å². The van der Waals surface area contributed by atoms with E-state index in [9.17, 15) is 13.2 Å². The lowest BCUT2D eigenvalue weighted by Gasteiger charge is -2.33.